The first-order valence-electron chi connectivity index (χ1n) is 9.94. The Hall–Kier alpha value is -3.23. The van der Waals surface area contributed by atoms with Crippen molar-refractivity contribution in [2.24, 2.45) is 0 Å². The van der Waals surface area contributed by atoms with Gasteiger partial charge in [0, 0.05) is 49.9 Å². The summed E-state index contributed by atoms with van der Waals surface area (Å²) in [4.78, 5) is 29.9. The van der Waals surface area contributed by atoms with Gasteiger partial charge in [0.15, 0.2) is 5.69 Å². The van der Waals surface area contributed by atoms with Crippen molar-refractivity contribution < 1.29 is 9.32 Å². The van der Waals surface area contributed by atoms with Crippen molar-refractivity contribution in [2.45, 2.75) is 32.6 Å². The van der Waals surface area contributed by atoms with Crippen LogP contribution < -0.4 is 4.90 Å². The molecule has 1 amide bonds. The summed E-state index contributed by atoms with van der Waals surface area (Å²) in [5, 5.41) is 3.98. The highest BCUT2D eigenvalue weighted by atomic mass is 16.5. The molecule has 2 aliphatic rings. The lowest BCUT2D eigenvalue weighted by Gasteiger charge is -2.35. The fourth-order valence-corrected chi connectivity index (χ4v) is 3.62. The number of aryl methyl sites for hydroxylation is 1. The molecule has 0 spiro atoms. The number of hydrogen-bond acceptors (Lipinski definition) is 7. The van der Waals surface area contributed by atoms with Crippen LogP contribution in [0.2, 0.25) is 0 Å². The van der Waals surface area contributed by atoms with Crippen LogP contribution in [0.5, 0.6) is 0 Å². The maximum Gasteiger partial charge on any atom is 0.276 e. The first-order valence-corrected chi connectivity index (χ1v) is 9.94. The van der Waals surface area contributed by atoms with Gasteiger partial charge in [-0.05, 0) is 26.7 Å². The number of imidazole rings is 1. The number of amides is 1. The molecule has 0 radical (unpaired) electrons. The average molecular weight is 393 g/mol. The van der Waals surface area contributed by atoms with Gasteiger partial charge in [0.1, 0.15) is 30.1 Å². The van der Waals surface area contributed by atoms with Crippen LogP contribution in [0.3, 0.4) is 0 Å². The largest absolute Gasteiger partial charge is 0.360 e. The molecule has 0 N–H and O–H groups in total. The minimum absolute atomic E-state index is 0.0619. The molecule has 3 aromatic rings. The second-order valence-electron chi connectivity index (χ2n) is 7.69. The number of rotatable bonds is 4. The number of anilines is 1. The van der Waals surface area contributed by atoms with Gasteiger partial charge < -0.3 is 14.3 Å². The van der Waals surface area contributed by atoms with Crippen LogP contribution in [0.15, 0.2) is 29.3 Å². The van der Waals surface area contributed by atoms with Gasteiger partial charge in [0.05, 0.1) is 5.69 Å². The van der Waals surface area contributed by atoms with Crippen molar-refractivity contribution in [2.75, 3.05) is 31.1 Å². The highest BCUT2D eigenvalue weighted by Crippen LogP contribution is 2.40. The monoisotopic (exact) mass is 393 g/mol. The van der Waals surface area contributed by atoms with E-state index in [2.05, 4.69) is 25.0 Å². The molecule has 9 heteroatoms. The Labute approximate surface area is 168 Å². The first kappa shape index (κ1) is 17.8. The molecule has 1 aliphatic heterocycles. The number of hydrogen-bond donors (Lipinski definition) is 0. The average Bonchev–Trinajstić information content (AvgIpc) is 3.40. The Morgan fingerprint density at radius 2 is 1.79 bits per heavy atom. The van der Waals surface area contributed by atoms with E-state index in [4.69, 9.17) is 4.52 Å². The molecule has 9 nitrogen and oxygen atoms in total. The van der Waals surface area contributed by atoms with Crippen LogP contribution in [0.1, 0.15) is 46.4 Å². The van der Waals surface area contributed by atoms with Crippen molar-refractivity contribution in [1.29, 1.82) is 0 Å². The molecule has 5 rings (SSSR count). The molecule has 1 saturated heterocycles. The third-order valence-electron chi connectivity index (χ3n) is 5.75. The molecule has 150 valence electrons. The summed E-state index contributed by atoms with van der Waals surface area (Å²) in [5.74, 6) is 2.88. The van der Waals surface area contributed by atoms with Gasteiger partial charge in [0.2, 0.25) is 0 Å². The second kappa shape index (κ2) is 6.98. The molecule has 1 aliphatic carbocycles. The number of carbonyl (C=O) groups is 1. The van der Waals surface area contributed by atoms with Gasteiger partial charge >= 0.3 is 0 Å². The Morgan fingerprint density at radius 1 is 1.03 bits per heavy atom. The van der Waals surface area contributed by atoms with Crippen molar-refractivity contribution >= 4 is 11.7 Å². The lowest BCUT2D eigenvalue weighted by Crippen LogP contribution is -2.49. The van der Waals surface area contributed by atoms with E-state index in [0.717, 1.165) is 41.6 Å². The highest BCUT2D eigenvalue weighted by Gasteiger charge is 2.31. The third-order valence-corrected chi connectivity index (χ3v) is 5.75. The molecule has 0 atom stereocenters. The molecular weight excluding hydrogens is 370 g/mol. The van der Waals surface area contributed by atoms with E-state index in [1.807, 2.05) is 29.4 Å². The fourth-order valence-electron chi connectivity index (χ4n) is 3.62. The van der Waals surface area contributed by atoms with E-state index in [9.17, 15) is 4.79 Å². The van der Waals surface area contributed by atoms with Crippen molar-refractivity contribution in [3.8, 4) is 5.82 Å². The molecule has 1 saturated carbocycles. The normalized spacial score (nSPS) is 17.0. The summed E-state index contributed by atoms with van der Waals surface area (Å²) in [5.41, 5.74) is 2.45. The van der Waals surface area contributed by atoms with Crippen LogP contribution in [0, 0.1) is 13.8 Å². The summed E-state index contributed by atoms with van der Waals surface area (Å²) < 4.78 is 7.29. The smallest absolute Gasteiger partial charge is 0.276 e. The van der Waals surface area contributed by atoms with Gasteiger partial charge in [0.25, 0.3) is 5.91 Å². The molecule has 2 fully saturated rings. The number of nitrogens with zero attached hydrogens (tertiary/aromatic N) is 7. The summed E-state index contributed by atoms with van der Waals surface area (Å²) in [7, 11) is 0. The molecule has 0 bridgehead atoms. The van der Waals surface area contributed by atoms with Crippen LogP contribution in [0.4, 0.5) is 5.82 Å². The molecule has 29 heavy (non-hydrogen) atoms. The zero-order chi connectivity index (χ0) is 20.0. The molecule has 0 unspecified atom stereocenters. The van der Waals surface area contributed by atoms with Crippen LogP contribution in [-0.2, 0) is 0 Å². The first-order chi connectivity index (χ1) is 14.1. The van der Waals surface area contributed by atoms with Gasteiger partial charge in [-0.2, -0.15) is 0 Å². The van der Waals surface area contributed by atoms with Crippen molar-refractivity contribution in [3.63, 3.8) is 0 Å². The van der Waals surface area contributed by atoms with E-state index < -0.39 is 0 Å². The van der Waals surface area contributed by atoms with E-state index >= 15 is 0 Å². The Kier molecular flexibility index (Phi) is 4.30. The minimum Gasteiger partial charge on any atom is -0.360 e. The van der Waals surface area contributed by atoms with Crippen LogP contribution in [-0.4, -0.2) is 61.7 Å². The Bertz CT molecular complexity index is 1040. The maximum atomic E-state index is 12.7. The second-order valence-corrected chi connectivity index (χ2v) is 7.69. The SMILES string of the molecule is Cc1ncn(-c2cc(N3CCN(C(=O)c4cc(C5CC5)on4)CC3)ncn2)c1C. The van der Waals surface area contributed by atoms with Gasteiger partial charge in [-0.1, -0.05) is 5.16 Å². The Balaban J connectivity index is 1.26. The molecule has 0 aromatic carbocycles. The molecule has 4 heterocycles. The maximum absolute atomic E-state index is 12.7. The predicted molar refractivity (Wildman–Crippen MR) is 105 cm³/mol. The minimum atomic E-state index is -0.0619. The third kappa shape index (κ3) is 3.37. The fraction of sp³-hybridized carbons (Fsp3) is 0.450. The van der Waals surface area contributed by atoms with E-state index in [1.165, 1.54) is 0 Å². The lowest BCUT2D eigenvalue weighted by atomic mass is 10.2. The summed E-state index contributed by atoms with van der Waals surface area (Å²) >= 11 is 0. The zero-order valence-corrected chi connectivity index (χ0v) is 16.6. The highest BCUT2D eigenvalue weighted by molar-refractivity contribution is 5.92. The number of piperazine rings is 1. The van der Waals surface area contributed by atoms with Crippen LogP contribution in [0.25, 0.3) is 5.82 Å². The van der Waals surface area contributed by atoms with E-state index in [1.54, 1.807) is 18.7 Å². The lowest BCUT2D eigenvalue weighted by molar-refractivity contribution is 0.0736. The molecule has 3 aromatic heterocycles. The van der Waals surface area contributed by atoms with Gasteiger partial charge in [-0.3, -0.25) is 9.36 Å². The molecular formula is C20H23N7O2. The van der Waals surface area contributed by atoms with E-state index in [-0.39, 0.29) is 5.91 Å². The van der Waals surface area contributed by atoms with Gasteiger partial charge in [-0.25, -0.2) is 15.0 Å². The standard InChI is InChI=1S/C20H23N7O2/c1-13-14(2)27(12-23-13)19-10-18(21-11-22-19)25-5-7-26(8-6-25)20(28)16-9-17(29-24-16)15-3-4-15/h9-12,15H,3-8H2,1-2H3. The van der Waals surface area contributed by atoms with Gasteiger partial charge in [-0.15, -0.1) is 0 Å². The summed E-state index contributed by atoms with van der Waals surface area (Å²) in [6.45, 7) is 6.65. The van der Waals surface area contributed by atoms with Crippen molar-refractivity contribution in [1.82, 2.24) is 29.6 Å². The summed E-state index contributed by atoms with van der Waals surface area (Å²) in [6, 6.07) is 3.77. The Morgan fingerprint density at radius 3 is 2.48 bits per heavy atom. The summed E-state index contributed by atoms with van der Waals surface area (Å²) in [6.07, 6.45) is 5.61. The topological polar surface area (TPSA) is 93.2 Å². The van der Waals surface area contributed by atoms with Crippen molar-refractivity contribution in [3.05, 3.63) is 47.6 Å². The van der Waals surface area contributed by atoms with Crippen LogP contribution >= 0.6 is 0 Å². The predicted octanol–water partition coefficient (Wildman–Crippen LogP) is 2.11. The van der Waals surface area contributed by atoms with E-state index in [0.29, 0.717) is 37.8 Å². The quantitative estimate of drug-likeness (QED) is 0.670. The number of carbonyl (C=O) groups excluding carboxylic acids is 1. The zero-order valence-electron chi connectivity index (χ0n) is 16.6. The number of aromatic nitrogens is 5.